The van der Waals surface area contributed by atoms with E-state index in [1.54, 1.807) is 6.07 Å². The summed E-state index contributed by atoms with van der Waals surface area (Å²) in [4.78, 5) is 0. The first-order chi connectivity index (χ1) is 9.51. The van der Waals surface area contributed by atoms with E-state index >= 15 is 0 Å². The third kappa shape index (κ3) is 3.58. The first kappa shape index (κ1) is 15.4. The van der Waals surface area contributed by atoms with Gasteiger partial charge in [0, 0.05) is 9.50 Å². The molecule has 5 heteroatoms. The summed E-state index contributed by atoms with van der Waals surface area (Å²) in [5.41, 5.74) is 5.53. The summed E-state index contributed by atoms with van der Waals surface area (Å²) in [6, 6.07) is 10.2. The highest BCUT2D eigenvalue weighted by atomic mass is 79.9. The van der Waals surface area contributed by atoms with Crippen molar-refractivity contribution >= 4 is 27.5 Å². The molecule has 2 aromatic carbocycles. The standard InChI is InChI=1S/C15H15BrClFN2/c1-9-2-5-12(18)8-13(9)15(20-19)6-10-3-4-11(16)7-14(10)17/h2-5,7-8,15,20H,6,19H2,1H3. The number of rotatable bonds is 4. The topological polar surface area (TPSA) is 38.0 Å². The lowest BCUT2D eigenvalue weighted by Crippen LogP contribution is -2.30. The Bertz CT molecular complexity index is 619. The summed E-state index contributed by atoms with van der Waals surface area (Å²) in [6.07, 6.45) is 0.590. The first-order valence-corrected chi connectivity index (χ1v) is 7.34. The summed E-state index contributed by atoms with van der Waals surface area (Å²) in [6.45, 7) is 1.93. The van der Waals surface area contributed by atoms with Gasteiger partial charge in [-0.15, -0.1) is 0 Å². The number of nitrogens with two attached hydrogens (primary N) is 1. The van der Waals surface area contributed by atoms with E-state index in [0.717, 1.165) is 21.2 Å². The molecule has 0 amide bonds. The molecule has 0 heterocycles. The third-order valence-electron chi connectivity index (χ3n) is 3.26. The van der Waals surface area contributed by atoms with E-state index in [0.29, 0.717) is 11.4 Å². The van der Waals surface area contributed by atoms with Crippen LogP contribution in [0.25, 0.3) is 0 Å². The van der Waals surface area contributed by atoms with Gasteiger partial charge in [-0.05, 0) is 54.3 Å². The van der Waals surface area contributed by atoms with Crippen molar-refractivity contribution in [2.75, 3.05) is 0 Å². The highest BCUT2D eigenvalue weighted by Crippen LogP contribution is 2.27. The smallest absolute Gasteiger partial charge is 0.123 e. The van der Waals surface area contributed by atoms with E-state index in [4.69, 9.17) is 17.4 Å². The predicted molar refractivity (Wildman–Crippen MR) is 84.1 cm³/mol. The quantitative estimate of drug-likeness (QED) is 0.632. The molecule has 3 N–H and O–H groups in total. The van der Waals surface area contributed by atoms with Crippen molar-refractivity contribution in [3.8, 4) is 0 Å². The van der Waals surface area contributed by atoms with Crippen molar-refractivity contribution in [1.29, 1.82) is 0 Å². The van der Waals surface area contributed by atoms with Crippen LogP contribution in [0.3, 0.4) is 0 Å². The molecule has 2 aromatic rings. The number of hydrazine groups is 1. The van der Waals surface area contributed by atoms with Gasteiger partial charge in [0.2, 0.25) is 0 Å². The SMILES string of the molecule is Cc1ccc(F)cc1C(Cc1ccc(Br)cc1Cl)NN. The summed E-state index contributed by atoms with van der Waals surface area (Å²) < 4.78 is 14.3. The molecule has 20 heavy (non-hydrogen) atoms. The lowest BCUT2D eigenvalue weighted by Gasteiger charge is -2.19. The van der Waals surface area contributed by atoms with Crippen LogP contribution in [0.5, 0.6) is 0 Å². The fourth-order valence-corrected chi connectivity index (χ4v) is 2.90. The van der Waals surface area contributed by atoms with Crippen LogP contribution in [0, 0.1) is 12.7 Å². The zero-order chi connectivity index (χ0) is 14.7. The van der Waals surface area contributed by atoms with E-state index in [9.17, 15) is 4.39 Å². The van der Waals surface area contributed by atoms with Gasteiger partial charge in [-0.25, -0.2) is 4.39 Å². The molecule has 106 valence electrons. The Kier molecular flexibility index (Phi) is 5.16. The van der Waals surface area contributed by atoms with Crippen LogP contribution in [0.2, 0.25) is 5.02 Å². The number of hydrogen-bond acceptors (Lipinski definition) is 2. The van der Waals surface area contributed by atoms with E-state index in [1.807, 2.05) is 25.1 Å². The van der Waals surface area contributed by atoms with E-state index in [1.165, 1.54) is 12.1 Å². The van der Waals surface area contributed by atoms with Gasteiger partial charge in [0.1, 0.15) is 5.82 Å². The van der Waals surface area contributed by atoms with Crippen molar-refractivity contribution in [2.45, 2.75) is 19.4 Å². The maximum Gasteiger partial charge on any atom is 0.123 e. The van der Waals surface area contributed by atoms with E-state index in [2.05, 4.69) is 21.4 Å². The van der Waals surface area contributed by atoms with Crippen LogP contribution in [-0.4, -0.2) is 0 Å². The number of benzene rings is 2. The summed E-state index contributed by atoms with van der Waals surface area (Å²) in [7, 11) is 0. The van der Waals surface area contributed by atoms with Gasteiger partial charge < -0.3 is 0 Å². The molecule has 0 bridgehead atoms. The highest BCUT2D eigenvalue weighted by molar-refractivity contribution is 9.10. The third-order valence-corrected chi connectivity index (χ3v) is 4.10. The number of hydrogen-bond donors (Lipinski definition) is 2. The van der Waals surface area contributed by atoms with E-state index < -0.39 is 0 Å². The first-order valence-electron chi connectivity index (χ1n) is 6.17. The van der Waals surface area contributed by atoms with Gasteiger partial charge in [-0.3, -0.25) is 11.3 Å². The molecule has 0 fully saturated rings. The highest BCUT2D eigenvalue weighted by Gasteiger charge is 2.15. The minimum absolute atomic E-state index is 0.190. The summed E-state index contributed by atoms with van der Waals surface area (Å²) >= 11 is 9.59. The van der Waals surface area contributed by atoms with Crippen molar-refractivity contribution in [2.24, 2.45) is 5.84 Å². The second-order valence-electron chi connectivity index (χ2n) is 4.66. The lowest BCUT2D eigenvalue weighted by atomic mass is 9.95. The zero-order valence-electron chi connectivity index (χ0n) is 11.0. The van der Waals surface area contributed by atoms with Crippen LogP contribution in [0.4, 0.5) is 4.39 Å². The van der Waals surface area contributed by atoms with Crippen molar-refractivity contribution in [3.05, 3.63) is 68.4 Å². The Morgan fingerprint density at radius 1 is 1.30 bits per heavy atom. The van der Waals surface area contributed by atoms with Crippen molar-refractivity contribution in [1.82, 2.24) is 5.43 Å². The van der Waals surface area contributed by atoms with Gasteiger partial charge >= 0.3 is 0 Å². The lowest BCUT2D eigenvalue weighted by molar-refractivity contribution is 0.542. The van der Waals surface area contributed by atoms with Gasteiger partial charge in [-0.1, -0.05) is 39.7 Å². The van der Waals surface area contributed by atoms with Crippen LogP contribution in [0.15, 0.2) is 40.9 Å². The summed E-state index contributed by atoms with van der Waals surface area (Å²) in [5.74, 6) is 5.36. The molecular formula is C15H15BrClFN2. The molecule has 0 saturated heterocycles. The fraction of sp³-hybridized carbons (Fsp3) is 0.200. The van der Waals surface area contributed by atoms with Gasteiger partial charge in [-0.2, -0.15) is 0 Å². The molecule has 2 nitrogen and oxygen atoms in total. The molecule has 2 rings (SSSR count). The molecule has 0 aliphatic heterocycles. The van der Waals surface area contributed by atoms with Crippen LogP contribution in [-0.2, 0) is 6.42 Å². The minimum atomic E-state index is -0.271. The molecule has 1 unspecified atom stereocenters. The Morgan fingerprint density at radius 3 is 2.70 bits per heavy atom. The molecule has 0 saturated carbocycles. The van der Waals surface area contributed by atoms with Crippen LogP contribution in [0.1, 0.15) is 22.7 Å². The minimum Gasteiger partial charge on any atom is -0.271 e. The monoisotopic (exact) mass is 356 g/mol. The van der Waals surface area contributed by atoms with Crippen LogP contribution < -0.4 is 11.3 Å². The number of aryl methyl sites for hydroxylation is 1. The normalized spacial score (nSPS) is 12.4. The molecule has 0 aliphatic carbocycles. The van der Waals surface area contributed by atoms with Gasteiger partial charge in [0.25, 0.3) is 0 Å². The molecule has 0 spiro atoms. The molecule has 0 aromatic heterocycles. The summed E-state index contributed by atoms with van der Waals surface area (Å²) in [5, 5.41) is 0.661. The average Bonchev–Trinajstić information content (AvgIpc) is 2.41. The fourth-order valence-electron chi connectivity index (χ4n) is 2.15. The largest absolute Gasteiger partial charge is 0.271 e. The average molecular weight is 358 g/mol. The van der Waals surface area contributed by atoms with Crippen molar-refractivity contribution < 1.29 is 4.39 Å². The van der Waals surface area contributed by atoms with Gasteiger partial charge in [0.05, 0.1) is 6.04 Å². The van der Waals surface area contributed by atoms with Crippen LogP contribution >= 0.6 is 27.5 Å². The van der Waals surface area contributed by atoms with Gasteiger partial charge in [0.15, 0.2) is 0 Å². The maximum atomic E-state index is 13.4. The second kappa shape index (κ2) is 6.68. The molecular weight excluding hydrogens is 343 g/mol. The maximum absolute atomic E-state index is 13.4. The zero-order valence-corrected chi connectivity index (χ0v) is 13.3. The predicted octanol–water partition coefficient (Wildman–Crippen LogP) is 4.30. The Balaban J connectivity index is 2.31. The van der Waals surface area contributed by atoms with E-state index in [-0.39, 0.29) is 11.9 Å². The Labute approximate surface area is 131 Å². The molecule has 0 aliphatic rings. The Morgan fingerprint density at radius 2 is 2.05 bits per heavy atom. The second-order valence-corrected chi connectivity index (χ2v) is 5.98. The number of halogens is 3. The molecule has 0 radical (unpaired) electrons. The Hall–Kier alpha value is -0.940. The molecule has 1 atom stereocenters. The van der Waals surface area contributed by atoms with Crippen molar-refractivity contribution in [3.63, 3.8) is 0 Å². The number of nitrogens with one attached hydrogen (secondary N) is 1.